The number of aryl methyl sites for hydroxylation is 2. The van der Waals surface area contributed by atoms with Crippen LogP contribution in [0.15, 0.2) is 28.8 Å². The van der Waals surface area contributed by atoms with Gasteiger partial charge in [-0.3, -0.25) is 9.59 Å². The van der Waals surface area contributed by atoms with E-state index < -0.39 is 6.10 Å². The Bertz CT molecular complexity index is 719. The fourth-order valence-corrected chi connectivity index (χ4v) is 2.25. The van der Waals surface area contributed by atoms with E-state index in [9.17, 15) is 9.59 Å². The van der Waals surface area contributed by atoms with Crippen molar-refractivity contribution in [3.8, 4) is 5.75 Å². The number of benzene rings is 1. The van der Waals surface area contributed by atoms with E-state index in [1.807, 2.05) is 0 Å². The number of nitrogens with one attached hydrogen (secondary N) is 2. The number of hydrogen-bond acceptors (Lipinski definition) is 5. The summed E-state index contributed by atoms with van der Waals surface area (Å²) < 4.78 is 10.6. The van der Waals surface area contributed by atoms with Gasteiger partial charge < -0.3 is 19.9 Å². The molecule has 2 heterocycles. The summed E-state index contributed by atoms with van der Waals surface area (Å²) in [4.78, 5) is 24.1. The molecule has 2 aromatic rings. The molecule has 114 valence electrons. The van der Waals surface area contributed by atoms with Crippen molar-refractivity contribution in [3.05, 3.63) is 35.7 Å². The van der Waals surface area contributed by atoms with Gasteiger partial charge in [0.15, 0.2) is 11.9 Å². The standard InChI is InChI=1S/C15H15N3O4/c1-8-14(9(2)22-18-8)17-13(19)7-12-15(20)16-10-5-3-4-6-11(10)21-12/h3-6,12H,7H2,1-2H3,(H,16,20)(H,17,19). The van der Waals surface area contributed by atoms with Crippen molar-refractivity contribution >= 4 is 23.2 Å². The van der Waals surface area contributed by atoms with Crippen LogP contribution in [0, 0.1) is 13.8 Å². The largest absolute Gasteiger partial charge is 0.478 e. The normalized spacial score (nSPS) is 16.5. The van der Waals surface area contributed by atoms with Gasteiger partial charge in [0, 0.05) is 0 Å². The molecule has 1 unspecified atom stereocenters. The number of aromatic nitrogens is 1. The Morgan fingerprint density at radius 1 is 1.36 bits per heavy atom. The van der Waals surface area contributed by atoms with Crippen LogP contribution in [0.3, 0.4) is 0 Å². The van der Waals surface area contributed by atoms with Gasteiger partial charge in [0.2, 0.25) is 5.91 Å². The first-order valence-corrected chi connectivity index (χ1v) is 6.84. The molecular weight excluding hydrogens is 286 g/mol. The molecule has 0 saturated heterocycles. The van der Waals surface area contributed by atoms with E-state index in [2.05, 4.69) is 15.8 Å². The molecule has 0 aliphatic carbocycles. The van der Waals surface area contributed by atoms with E-state index in [0.717, 1.165) is 0 Å². The van der Waals surface area contributed by atoms with Gasteiger partial charge in [0.25, 0.3) is 5.91 Å². The molecule has 3 rings (SSSR count). The molecule has 0 spiro atoms. The molecule has 0 saturated carbocycles. The smallest absolute Gasteiger partial charge is 0.266 e. The zero-order valence-electron chi connectivity index (χ0n) is 12.2. The van der Waals surface area contributed by atoms with Gasteiger partial charge in [-0.05, 0) is 26.0 Å². The van der Waals surface area contributed by atoms with E-state index in [1.54, 1.807) is 38.1 Å². The highest BCUT2D eigenvalue weighted by Gasteiger charge is 2.30. The molecule has 1 atom stereocenters. The number of carbonyl (C=O) groups excluding carboxylic acids is 2. The van der Waals surface area contributed by atoms with E-state index in [0.29, 0.717) is 28.6 Å². The average Bonchev–Trinajstić information content (AvgIpc) is 2.80. The average molecular weight is 301 g/mol. The Morgan fingerprint density at radius 2 is 2.14 bits per heavy atom. The zero-order chi connectivity index (χ0) is 15.7. The van der Waals surface area contributed by atoms with Gasteiger partial charge in [-0.15, -0.1) is 0 Å². The van der Waals surface area contributed by atoms with Crippen LogP contribution < -0.4 is 15.4 Å². The van der Waals surface area contributed by atoms with E-state index in [1.165, 1.54) is 0 Å². The summed E-state index contributed by atoms with van der Waals surface area (Å²) in [5, 5.41) is 9.18. The lowest BCUT2D eigenvalue weighted by Crippen LogP contribution is -2.39. The van der Waals surface area contributed by atoms with Gasteiger partial charge in [0.05, 0.1) is 12.1 Å². The first-order valence-electron chi connectivity index (χ1n) is 6.84. The SMILES string of the molecule is Cc1noc(C)c1NC(=O)CC1Oc2ccccc2NC1=O. The Labute approximate surface area is 126 Å². The van der Waals surface area contributed by atoms with Crippen molar-refractivity contribution in [2.45, 2.75) is 26.4 Å². The van der Waals surface area contributed by atoms with Crippen molar-refractivity contribution in [2.75, 3.05) is 10.6 Å². The maximum absolute atomic E-state index is 12.1. The number of nitrogens with zero attached hydrogens (tertiary/aromatic N) is 1. The number of ether oxygens (including phenoxy) is 1. The van der Waals surface area contributed by atoms with Crippen LogP contribution in [0.25, 0.3) is 0 Å². The Morgan fingerprint density at radius 3 is 2.86 bits per heavy atom. The number of anilines is 2. The number of rotatable bonds is 3. The molecule has 0 fully saturated rings. The highest BCUT2D eigenvalue weighted by molar-refractivity contribution is 6.02. The maximum Gasteiger partial charge on any atom is 0.266 e. The van der Waals surface area contributed by atoms with Gasteiger partial charge >= 0.3 is 0 Å². The molecule has 1 aliphatic heterocycles. The van der Waals surface area contributed by atoms with E-state index >= 15 is 0 Å². The number of hydrogen-bond donors (Lipinski definition) is 2. The lowest BCUT2D eigenvalue weighted by Gasteiger charge is -2.25. The molecule has 1 aliphatic rings. The van der Waals surface area contributed by atoms with E-state index in [4.69, 9.17) is 9.26 Å². The number of amides is 2. The number of fused-ring (bicyclic) bond motifs is 1. The number of carbonyl (C=O) groups is 2. The summed E-state index contributed by atoms with van der Waals surface area (Å²) in [5.74, 6) is 0.393. The van der Waals surface area contributed by atoms with Gasteiger partial charge in [-0.1, -0.05) is 17.3 Å². The second-order valence-corrected chi connectivity index (χ2v) is 5.04. The lowest BCUT2D eigenvalue weighted by molar-refractivity contribution is -0.128. The van der Waals surface area contributed by atoms with Crippen LogP contribution >= 0.6 is 0 Å². The first-order chi connectivity index (χ1) is 10.5. The summed E-state index contributed by atoms with van der Waals surface area (Å²) >= 11 is 0. The summed E-state index contributed by atoms with van der Waals surface area (Å²) in [6.07, 6.45) is -0.958. The van der Waals surface area contributed by atoms with Crippen LogP contribution in [0.2, 0.25) is 0 Å². The second-order valence-electron chi connectivity index (χ2n) is 5.04. The molecule has 0 radical (unpaired) electrons. The Balaban J connectivity index is 1.69. The highest BCUT2D eigenvalue weighted by atomic mass is 16.5. The van der Waals surface area contributed by atoms with Gasteiger partial charge in [-0.2, -0.15) is 0 Å². The summed E-state index contributed by atoms with van der Waals surface area (Å²) in [7, 11) is 0. The molecular formula is C15H15N3O4. The van der Waals surface area contributed by atoms with Gasteiger partial charge in [-0.25, -0.2) is 0 Å². The van der Waals surface area contributed by atoms with Crippen molar-refractivity contribution in [1.29, 1.82) is 0 Å². The Kier molecular flexibility index (Phi) is 3.54. The fraction of sp³-hybridized carbons (Fsp3) is 0.267. The predicted molar refractivity (Wildman–Crippen MR) is 78.7 cm³/mol. The minimum Gasteiger partial charge on any atom is -0.478 e. The van der Waals surface area contributed by atoms with Crippen LogP contribution in [0.1, 0.15) is 17.9 Å². The summed E-state index contributed by atoms with van der Waals surface area (Å²) in [6, 6.07) is 7.09. The molecule has 7 heteroatoms. The van der Waals surface area contributed by atoms with Crippen molar-refractivity contribution in [1.82, 2.24) is 5.16 Å². The molecule has 2 N–H and O–H groups in total. The molecule has 7 nitrogen and oxygen atoms in total. The summed E-state index contributed by atoms with van der Waals surface area (Å²) in [5.41, 5.74) is 1.72. The Hall–Kier alpha value is -2.83. The first kappa shape index (κ1) is 14.1. The quantitative estimate of drug-likeness (QED) is 0.904. The molecule has 1 aromatic heterocycles. The van der Waals surface area contributed by atoms with E-state index in [-0.39, 0.29) is 18.2 Å². The van der Waals surface area contributed by atoms with Crippen LogP contribution in [-0.2, 0) is 9.59 Å². The van der Waals surface area contributed by atoms with Crippen molar-refractivity contribution < 1.29 is 18.8 Å². The maximum atomic E-state index is 12.1. The monoisotopic (exact) mass is 301 g/mol. The molecule has 0 bridgehead atoms. The van der Waals surface area contributed by atoms with Gasteiger partial charge in [0.1, 0.15) is 17.1 Å². The topological polar surface area (TPSA) is 93.5 Å². The molecule has 1 aromatic carbocycles. The third kappa shape index (κ3) is 2.65. The predicted octanol–water partition coefficient (Wildman–Crippen LogP) is 2.02. The molecule has 22 heavy (non-hydrogen) atoms. The van der Waals surface area contributed by atoms with Crippen molar-refractivity contribution in [3.63, 3.8) is 0 Å². The number of para-hydroxylation sites is 2. The van der Waals surface area contributed by atoms with Crippen molar-refractivity contribution in [2.24, 2.45) is 0 Å². The second kappa shape index (κ2) is 5.51. The third-order valence-corrected chi connectivity index (χ3v) is 3.38. The summed E-state index contributed by atoms with van der Waals surface area (Å²) in [6.45, 7) is 3.43. The third-order valence-electron chi connectivity index (χ3n) is 3.38. The minimum atomic E-state index is -0.865. The molecule has 2 amide bonds. The zero-order valence-corrected chi connectivity index (χ0v) is 12.2. The fourth-order valence-electron chi connectivity index (χ4n) is 2.25. The van der Waals surface area contributed by atoms with Crippen LogP contribution in [0.4, 0.5) is 11.4 Å². The van der Waals surface area contributed by atoms with Crippen LogP contribution in [-0.4, -0.2) is 23.1 Å². The minimum absolute atomic E-state index is 0.0930. The van der Waals surface area contributed by atoms with Crippen LogP contribution in [0.5, 0.6) is 5.75 Å². The lowest BCUT2D eigenvalue weighted by atomic mass is 10.1. The highest BCUT2D eigenvalue weighted by Crippen LogP contribution is 2.29.